The van der Waals surface area contributed by atoms with Crippen molar-refractivity contribution < 1.29 is 24.1 Å². The van der Waals surface area contributed by atoms with E-state index in [4.69, 9.17) is 14.2 Å². The van der Waals surface area contributed by atoms with Gasteiger partial charge in [-0.3, -0.25) is 0 Å². The second-order valence-electron chi connectivity index (χ2n) is 9.20. The Morgan fingerprint density at radius 3 is 2.46 bits per heavy atom. The Morgan fingerprint density at radius 2 is 1.84 bits per heavy atom. The van der Waals surface area contributed by atoms with Gasteiger partial charge in [0.2, 0.25) is 0 Å². The van der Waals surface area contributed by atoms with Crippen LogP contribution < -0.4 is 14.8 Å². The smallest absolute Gasteiger partial charge is 0.338 e. The number of nitrogens with one attached hydrogen (secondary N) is 1. The average Bonchev–Trinajstić information content (AvgIpc) is 2.91. The van der Waals surface area contributed by atoms with Crippen LogP contribution in [0.25, 0.3) is 11.1 Å². The van der Waals surface area contributed by atoms with Gasteiger partial charge in [0.15, 0.2) is 11.4 Å². The molecule has 1 aromatic heterocycles. The molecule has 0 radical (unpaired) electrons. The van der Waals surface area contributed by atoms with Gasteiger partial charge < -0.3 is 24.6 Å². The van der Waals surface area contributed by atoms with E-state index >= 15 is 0 Å². The maximum Gasteiger partial charge on any atom is 0.338 e. The number of methoxy groups -OCH3 is 1. The van der Waals surface area contributed by atoms with Crippen LogP contribution in [0, 0.1) is 11.3 Å². The van der Waals surface area contributed by atoms with E-state index in [-0.39, 0.29) is 23.6 Å². The fourth-order valence-electron chi connectivity index (χ4n) is 3.85. The van der Waals surface area contributed by atoms with E-state index < -0.39 is 12.1 Å². The summed E-state index contributed by atoms with van der Waals surface area (Å²) in [4.78, 5) is 16.1. The number of ether oxygens (including phenoxy) is 3. The highest BCUT2D eigenvalue weighted by Gasteiger charge is 2.21. The Hall–Kier alpha value is -3.93. The maximum absolute atomic E-state index is 12.0. The molecule has 0 spiro atoms. The van der Waals surface area contributed by atoms with Crippen molar-refractivity contribution in [1.82, 2.24) is 10.3 Å². The lowest BCUT2D eigenvalue weighted by Crippen LogP contribution is -2.46. The molecule has 0 amide bonds. The number of pyridine rings is 1. The van der Waals surface area contributed by atoms with Crippen LogP contribution in [0.2, 0.25) is 0 Å². The molecule has 0 saturated carbocycles. The largest absolute Gasteiger partial charge is 0.497 e. The van der Waals surface area contributed by atoms with E-state index in [0.717, 1.165) is 23.3 Å². The molecular weight excluding hydrogens is 470 g/mol. The summed E-state index contributed by atoms with van der Waals surface area (Å²) in [5.74, 6) is 0.692. The standard InChI is InChI=1S/C29H33N3O5/c1-5-36-28(34)22-10-8-21(9-11-22)25-14-15-31-26(17-30)27(25)37-19-23(33)18-32-29(2,3)16-20-6-12-24(35-4)13-7-20/h6-15,23,32-33H,5,16,18-19H2,1-4H3/t23-/m1/s1. The van der Waals surface area contributed by atoms with Crippen LogP contribution in [0.15, 0.2) is 60.8 Å². The van der Waals surface area contributed by atoms with Gasteiger partial charge >= 0.3 is 5.97 Å². The van der Waals surface area contributed by atoms with E-state index in [2.05, 4.69) is 30.2 Å². The number of esters is 1. The minimum atomic E-state index is -0.819. The van der Waals surface area contributed by atoms with Crippen LogP contribution >= 0.6 is 0 Å². The monoisotopic (exact) mass is 503 g/mol. The van der Waals surface area contributed by atoms with Gasteiger partial charge in [-0.1, -0.05) is 24.3 Å². The first kappa shape index (κ1) is 27.7. The number of aromatic nitrogens is 1. The first-order valence-electron chi connectivity index (χ1n) is 12.1. The molecule has 1 heterocycles. The number of carbonyl (C=O) groups is 1. The number of β-amino-alcohol motifs (C(OH)–C–C–N with tert-alkyl or cyclic N) is 1. The molecule has 194 valence electrons. The van der Waals surface area contributed by atoms with Gasteiger partial charge in [-0.15, -0.1) is 0 Å². The average molecular weight is 504 g/mol. The van der Waals surface area contributed by atoms with Crippen molar-refractivity contribution in [3.05, 3.63) is 77.6 Å². The van der Waals surface area contributed by atoms with E-state index in [1.807, 2.05) is 24.3 Å². The predicted octanol–water partition coefficient (Wildman–Crippen LogP) is 4.16. The highest BCUT2D eigenvalue weighted by molar-refractivity contribution is 5.90. The number of aliphatic hydroxyl groups is 1. The Balaban J connectivity index is 1.64. The summed E-state index contributed by atoms with van der Waals surface area (Å²) >= 11 is 0. The number of nitriles is 1. The zero-order chi connectivity index (χ0) is 26.8. The number of benzene rings is 2. The van der Waals surface area contributed by atoms with Crippen molar-refractivity contribution in [3.8, 4) is 28.7 Å². The molecule has 0 saturated heterocycles. The quantitative estimate of drug-likeness (QED) is 0.354. The Kier molecular flexibility index (Phi) is 9.61. The summed E-state index contributed by atoms with van der Waals surface area (Å²) in [5.41, 5.74) is 2.82. The summed E-state index contributed by atoms with van der Waals surface area (Å²) in [6.07, 6.45) is 1.47. The van der Waals surface area contributed by atoms with Gasteiger partial charge in [0.05, 0.1) is 19.3 Å². The highest BCUT2D eigenvalue weighted by atomic mass is 16.5. The first-order chi connectivity index (χ1) is 17.8. The van der Waals surface area contributed by atoms with Gasteiger partial charge in [0, 0.05) is 23.8 Å². The molecule has 0 bridgehead atoms. The minimum absolute atomic E-state index is 0.0279. The van der Waals surface area contributed by atoms with E-state index in [9.17, 15) is 15.2 Å². The van der Waals surface area contributed by atoms with Crippen LogP contribution in [0.4, 0.5) is 0 Å². The number of aliphatic hydroxyl groups excluding tert-OH is 1. The number of rotatable bonds is 12. The lowest BCUT2D eigenvalue weighted by atomic mass is 9.94. The zero-order valence-corrected chi connectivity index (χ0v) is 21.7. The summed E-state index contributed by atoms with van der Waals surface area (Å²) in [7, 11) is 1.64. The molecule has 37 heavy (non-hydrogen) atoms. The van der Waals surface area contributed by atoms with Gasteiger partial charge in [-0.2, -0.15) is 5.26 Å². The van der Waals surface area contributed by atoms with Gasteiger partial charge in [0.25, 0.3) is 0 Å². The Bertz CT molecular complexity index is 1220. The molecule has 2 N–H and O–H groups in total. The molecule has 0 aliphatic heterocycles. The lowest BCUT2D eigenvalue weighted by molar-refractivity contribution is 0.0526. The van der Waals surface area contributed by atoms with Gasteiger partial charge in [-0.25, -0.2) is 9.78 Å². The summed E-state index contributed by atoms with van der Waals surface area (Å²) in [6.45, 7) is 6.46. The van der Waals surface area contributed by atoms with Crippen LogP contribution in [0.1, 0.15) is 42.4 Å². The third-order valence-electron chi connectivity index (χ3n) is 5.76. The second kappa shape index (κ2) is 12.9. The number of carbonyl (C=O) groups excluding carboxylic acids is 1. The minimum Gasteiger partial charge on any atom is -0.497 e. The number of hydrogen-bond donors (Lipinski definition) is 2. The maximum atomic E-state index is 12.0. The molecule has 0 fully saturated rings. The van der Waals surface area contributed by atoms with Crippen molar-refractivity contribution in [2.24, 2.45) is 0 Å². The summed E-state index contributed by atoms with van der Waals surface area (Å²) < 4.78 is 16.2. The molecule has 0 unspecified atom stereocenters. The van der Waals surface area contributed by atoms with Crippen LogP contribution in [0.3, 0.4) is 0 Å². The van der Waals surface area contributed by atoms with E-state index in [0.29, 0.717) is 24.3 Å². The topological polar surface area (TPSA) is 114 Å². The first-order valence-corrected chi connectivity index (χ1v) is 12.1. The van der Waals surface area contributed by atoms with E-state index in [1.54, 1.807) is 44.4 Å². The molecule has 8 heteroatoms. The van der Waals surface area contributed by atoms with Crippen molar-refractivity contribution in [2.45, 2.75) is 38.8 Å². The molecule has 3 rings (SSSR count). The SMILES string of the molecule is CCOC(=O)c1ccc(-c2ccnc(C#N)c2OC[C@H](O)CNC(C)(C)Cc2ccc(OC)cc2)cc1. The molecule has 2 aromatic carbocycles. The van der Waals surface area contributed by atoms with Crippen LogP contribution in [-0.2, 0) is 11.2 Å². The fraction of sp³-hybridized carbons (Fsp3) is 0.345. The number of hydrogen-bond acceptors (Lipinski definition) is 8. The molecule has 8 nitrogen and oxygen atoms in total. The van der Waals surface area contributed by atoms with Crippen molar-refractivity contribution >= 4 is 5.97 Å². The van der Waals surface area contributed by atoms with Crippen LogP contribution in [-0.4, -0.2) is 54.6 Å². The lowest BCUT2D eigenvalue weighted by Gasteiger charge is -2.28. The second-order valence-corrected chi connectivity index (χ2v) is 9.20. The van der Waals surface area contributed by atoms with Crippen molar-refractivity contribution in [2.75, 3.05) is 26.9 Å². The Morgan fingerprint density at radius 1 is 1.14 bits per heavy atom. The molecular formula is C29H33N3O5. The van der Waals surface area contributed by atoms with Crippen molar-refractivity contribution in [3.63, 3.8) is 0 Å². The third-order valence-corrected chi connectivity index (χ3v) is 5.76. The molecule has 1 atom stereocenters. The van der Waals surface area contributed by atoms with Crippen LogP contribution in [0.5, 0.6) is 11.5 Å². The highest BCUT2D eigenvalue weighted by Crippen LogP contribution is 2.32. The van der Waals surface area contributed by atoms with Crippen molar-refractivity contribution in [1.29, 1.82) is 5.26 Å². The Labute approximate surface area is 217 Å². The molecule has 3 aromatic rings. The summed E-state index contributed by atoms with van der Waals surface area (Å²) in [6, 6.07) is 18.5. The van der Waals surface area contributed by atoms with Gasteiger partial charge in [0.1, 0.15) is 24.5 Å². The normalized spacial score (nSPS) is 11.9. The number of nitrogens with zero attached hydrogens (tertiary/aromatic N) is 2. The van der Waals surface area contributed by atoms with Gasteiger partial charge in [-0.05, 0) is 68.7 Å². The zero-order valence-electron chi connectivity index (χ0n) is 21.7. The molecule has 0 aliphatic carbocycles. The third kappa shape index (κ3) is 7.78. The van der Waals surface area contributed by atoms with E-state index in [1.165, 1.54) is 6.20 Å². The fourth-order valence-corrected chi connectivity index (χ4v) is 3.85. The molecule has 0 aliphatic rings. The summed E-state index contributed by atoms with van der Waals surface area (Å²) in [5, 5.41) is 23.6. The predicted molar refractivity (Wildman–Crippen MR) is 141 cm³/mol.